The number of anilines is 1. The molecule has 0 atom stereocenters. The Morgan fingerprint density at radius 2 is 1.93 bits per heavy atom. The van der Waals surface area contributed by atoms with E-state index in [2.05, 4.69) is 48.4 Å². The number of benzene rings is 1. The summed E-state index contributed by atoms with van der Waals surface area (Å²) >= 11 is 2.53. The van der Waals surface area contributed by atoms with E-state index in [1.807, 2.05) is 4.90 Å². The van der Waals surface area contributed by atoms with Gasteiger partial charge in [-0.2, -0.15) is 0 Å². The summed E-state index contributed by atoms with van der Waals surface area (Å²) in [5, 5.41) is 12.3. The number of carbonyl (C=O) groups is 2. The predicted molar refractivity (Wildman–Crippen MR) is 123 cm³/mol. The van der Waals surface area contributed by atoms with E-state index in [0.717, 1.165) is 42.2 Å². The maximum atomic E-state index is 13.1. The second kappa shape index (κ2) is 10.8. The van der Waals surface area contributed by atoms with Gasteiger partial charge in [0.05, 0.1) is 16.2 Å². The van der Waals surface area contributed by atoms with Crippen LogP contribution in [0.5, 0.6) is 0 Å². The van der Waals surface area contributed by atoms with Gasteiger partial charge in [0.25, 0.3) is 0 Å². The van der Waals surface area contributed by atoms with Crippen LogP contribution in [0.4, 0.5) is 9.93 Å². The van der Waals surface area contributed by atoms with Crippen molar-refractivity contribution in [2.45, 2.75) is 56.2 Å². The number of thioether (sulfide) groups is 1. The Morgan fingerprint density at radius 3 is 2.60 bits per heavy atom. The minimum absolute atomic E-state index is 0.0154. The molecule has 0 spiro atoms. The Balaban J connectivity index is 1.64. The highest BCUT2D eigenvalue weighted by molar-refractivity contribution is 8.01. The van der Waals surface area contributed by atoms with Crippen molar-refractivity contribution < 1.29 is 14.7 Å². The molecule has 1 aliphatic rings. The molecule has 0 aliphatic heterocycles. The Labute approximate surface area is 186 Å². The second-order valence-electron chi connectivity index (χ2n) is 7.94. The molecule has 1 heterocycles. The Bertz CT molecular complexity index is 846. The highest BCUT2D eigenvalue weighted by Gasteiger charge is 2.28. The highest BCUT2D eigenvalue weighted by atomic mass is 32.2. The number of nitrogens with zero attached hydrogens (tertiary/aromatic N) is 2. The zero-order valence-corrected chi connectivity index (χ0v) is 19.1. The summed E-state index contributed by atoms with van der Waals surface area (Å²) in [5.74, 6) is -0.165. The number of hydrogen-bond donors (Lipinski definition) is 2. The highest BCUT2D eigenvalue weighted by Crippen LogP contribution is 2.30. The third-order valence-electron chi connectivity index (χ3n) is 5.49. The van der Waals surface area contributed by atoms with E-state index >= 15 is 0 Å². The first-order chi connectivity index (χ1) is 14.4. The number of thiazole rings is 1. The fourth-order valence-corrected chi connectivity index (χ4v) is 5.27. The molecule has 0 radical (unpaired) electrons. The number of amides is 2. The third-order valence-corrected chi connectivity index (χ3v) is 7.58. The number of carboxylic acids is 1. The summed E-state index contributed by atoms with van der Waals surface area (Å²) < 4.78 is 0.783. The summed E-state index contributed by atoms with van der Waals surface area (Å²) in [6.45, 7) is 5.02. The van der Waals surface area contributed by atoms with E-state index in [1.165, 1.54) is 34.2 Å². The van der Waals surface area contributed by atoms with Crippen LogP contribution in [0.1, 0.15) is 43.7 Å². The fraction of sp³-hybridized carbons (Fsp3) is 0.500. The molecule has 30 heavy (non-hydrogen) atoms. The number of nitrogens with one attached hydrogen (secondary N) is 1. The number of aromatic nitrogens is 1. The standard InChI is InChI=1S/C22H29N3O3S2/c1-15-3-7-17(8-4-15)11-12-25(18-9-5-16(2)6-10-18)22(28)24-21-23-13-20(30-21)29-14-19(26)27/h3-4,7-8,13,16,18H,5-6,9-12,14H2,1-2H3,(H,26,27)(H,23,24,28)/t16-,18-. The summed E-state index contributed by atoms with van der Waals surface area (Å²) in [7, 11) is 0. The zero-order chi connectivity index (χ0) is 21.5. The summed E-state index contributed by atoms with van der Waals surface area (Å²) in [4.78, 5) is 30.1. The van der Waals surface area contributed by atoms with Gasteiger partial charge in [-0.25, -0.2) is 9.78 Å². The topological polar surface area (TPSA) is 82.5 Å². The smallest absolute Gasteiger partial charge is 0.323 e. The van der Waals surface area contributed by atoms with Crippen molar-refractivity contribution in [3.63, 3.8) is 0 Å². The van der Waals surface area contributed by atoms with Gasteiger partial charge in [-0.3, -0.25) is 10.1 Å². The molecule has 1 aliphatic carbocycles. The van der Waals surface area contributed by atoms with Gasteiger partial charge in [-0.15, -0.1) is 11.8 Å². The SMILES string of the molecule is Cc1ccc(CCN(C(=O)Nc2ncc(SCC(=O)O)s2)[C@H]2CC[C@H](C)CC2)cc1. The van der Waals surface area contributed by atoms with Gasteiger partial charge in [0.2, 0.25) is 0 Å². The van der Waals surface area contributed by atoms with Crippen LogP contribution >= 0.6 is 23.1 Å². The van der Waals surface area contributed by atoms with Crippen LogP contribution in [0, 0.1) is 12.8 Å². The number of hydrogen-bond acceptors (Lipinski definition) is 5. The van der Waals surface area contributed by atoms with Crippen molar-refractivity contribution in [1.82, 2.24) is 9.88 Å². The van der Waals surface area contributed by atoms with Gasteiger partial charge < -0.3 is 10.0 Å². The van der Waals surface area contributed by atoms with Gasteiger partial charge >= 0.3 is 12.0 Å². The van der Waals surface area contributed by atoms with Crippen LogP contribution in [0.2, 0.25) is 0 Å². The lowest BCUT2D eigenvalue weighted by atomic mass is 9.86. The van der Waals surface area contributed by atoms with Crippen molar-refractivity contribution in [1.29, 1.82) is 0 Å². The molecule has 1 aromatic carbocycles. The minimum Gasteiger partial charge on any atom is -0.481 e. The molecule has 0 bridgehead atoms. The first-order valence-electron chi connectivity index (χ1n) is 10.3. The van der Waals surface area contributed by atoms with Crippen molar-refractivity contribution in [2.75, 3.05) is 17.6 Å². The van der Waals surface area contributed by atoms with Crippen molar-refractivity contribution in [2.24, 2.45) is 5.92 Å². The van der Waals surface area contributed by atoms with Crippen LogP contribution in [0.3, 0.4) is 0 Å². The monoisotopic (exact) mass is 447 g/mol. The number of urea groups is 1. The van der Waals surface area contributed by atoms with Crippen LogP contribution in [-0.2, 0) is 11.2 Å². The van der Waals surface area contributed by atoms with Gasteiger partial charge in [0, 0.05) is 12.6 Å². The molecule has 1 saturated carbocycles. The van der Waals surface area contributed by atoms with Gasteiger partial charge in [-0.05, 0) is 50.5 Å². The first-order valence-corrected chi connectivity index (χ1v) is 12.1. The summed E-state index contributed by atoms with van der Waals surface area (Å²) in [6, 6.07) is 8.59. The number of rotatable bonds is 8. The molecule has 6 nitrogen and oxygen atoms in total. The second-order valence-corrected chi connectivity index (χ2v) is 10.2. The lowest BCUT2D eigenvalue weighted by Gasteiger charge is -2.36. The molecule has 1 fully saturated rings. The molecular weight excluding hydrogens is 418 g/mol. The Kier molecular flexibility index (Phi) is 8.16. The van der Waals surface area contributed by atoms with Crippen LogP contribution < -0.4 is 5.32 Å². The Hall–Kier alpha value is -2.06. The van der Waals surface area contributed by atoms with Crippen LogP contribution in [-0.4, -0.2) is 45.3 Å². The lowest BCUT2D eigenvalue weighted by molar-refractivity contribution is -0.133. The number of aryl methyl sites for hydroxylation is 1. The molecule has 2 N–H and O–H groups in total. The first kappa shape index (κ1) is 22.6. The molecule has 3 rings (SSSR count). The molecule has 1 aromatic heterocycles. The maximum Gasteiger partial charge on any atom is 0.323 e. The summed E-state index contributed by atoms with van der Waals surface area (Å²) in [5.41, 5.74) is 2.46. The molecule has 8 heteroatoms. The summed E-state index contributed by atoms with van der Waals surface area (Å²) in [6.07, 6.45) is 6.78. The van der Waals surface area contributed by atoms with Crippen molar-refractivity contribution in [3.8, 4) is 0 Å². The zero-order valence-electron chi connectivity index (χ0n) is 17.5. The number of carboxylic acid groups (broad SMARTS) is 1. The lowest BCUT2D eigenvalue weighted by Crippen LogP contribution is -2.45. The normalized spacial score (nSPS) is 18.7. The van der Waals surface area contributed by atoms with E-state index < -0.39 is 5.97 Å². The van der Waals surface area contributed by atoms with Crippen molar-refractivity contribution in [3.05, 3.63) is 41.6 Å². The van der Waals surface area contributed by atoms with Gasteiger partial charge in [0.1, 0.15) is 0 Å². The third kappa shape index (κ3) is 6.74. The molecule has 2 amide bonds. The maximum absolute atomic E-state index is 13.1. The molecular formula is C22H29N3O3S2. The molecule has 0 saturated heterocycles. The Morgan fingerprint density at radius 1 is 1.23 bits per heavy atom. The van der Waals surface area contributed by atoms with Crippen LogP contribution in [0.25, 0.3) is 0 Å². The quantitative estimate of drug-likeness (QED) is 0.538. The van der Waals surface area contributed by atoms with E-state index in [-0.39, 0.29) is 17.8 Å². The number of aliphatic carboxylic acids is 1. The largest absolute Gasteiger partial charge is 0.481 e. The van der Waals surface area contributed by atoms with Gasteiger partial charge in [0.15, 0.2) is 5.13 Å². The number of carbonyl (C=O) groups excluding carboxylic acids is 1. The van der Waals surface area contributed by atoms with Crippen molar-refractivity contribution >= 4 is 40.2 Å². The molecule has 0 unspecified atom stereocenters. The van der Waals surface area contributed by atoms with E-state index in [1.54, 1.807) is 6.20 Å². The molecule has 2 aromatic rings. The van der Waals surface area contributed by atoms with Gasteiger partial charge in [-0.1, -0.05) is 48.1 Å². The van der Waals surface area contributed by atoms with Crippen LogP contribution in [0.15, 0.2) is 34.7 Å². The average molecular weight is 448 g/mol. The average Bonchev–Trinajstić information content (AvgIpc) is 3.16. The fourth-order valence-electron chi connectivity index (χ4n) is 3.69. The predicted octanol–water partition coefficient (Wildman–Crippen LogP) is 5.28. The van der Waals surface area contributed by atoms with E-state index in [9.17, 15) is 9.59 Å². The van der Waals surface area contributed by atoms with E-state index in [4.69, 9.17) is 5.11 Å². The molecule has 162 valence electrons. The minimum atomic E-state index is -0.868. The van der Waals surface area contributed by atoms with E-state index in [0.29, 0.717) is 11.7 Å².